The Kier molecular flexibility index (Phi) is 4.85. The second-order valence-corrected chi connectivity index (χ2v) is 6.83. The van der Waals surface area contributed by atoms with Gasteiger partial charge in [-0.05, 0) is 32.9 Å². The van der Waals surface area contributed by atoms with E-state index in [1.807, 2.05) is 61.7 Å². The molecule has 0 aliphatic heterocycles. The molecule has 1 atom stereocenters. The molecule has 1 aromatic carbocycles. The number of ketones is 1. The highest BCUT2D eigenvalue weighted by atomic mass is 32.2. The predicted molar refractivity (Wildman–Crippen MR) is 94.2 cm³/mol. The van der Waals surface area contributed by atoms with Gasteiger partial charge in [-0.2, -0.15) is 0 Å². The van der Waals surface area contributed by atoms with Crippen LogP contribution in [0.15, 0.2) is 52.2 Å². The van der Waals surface area contributed by atoms with Crippen molar-refractivity contribution < 1.29 is 9.21 Å². The molecule has 3 aromatic rings. The van der Waals surface area contributed by atoms with Crippen LogP contribution in [0.3, 0.4) is 0 Å². The van der Waals surface area contributed by atoms with Crippen LogP contribution in [0.5, 0.6) is 0 Å². The van der Waals surface area contributed by atoms with E-state index in [1.54, 1.807) is 6.26 Å². The van der Waals surface area contributed by atoms with Crippen LogP contribution in [0.2, 0.25) is 0 Å². The fourth-order valence-electron chi connectivity index (χ4n) is 2.41. The number of benzene rings is 1. The maximum Gasteiger partial charge on any atom is 0.200 e. The Bertz CT molecular complexity index is 823. The minimum atomic E-state index is -0.244. The molecule has 0 unspecified atom stereocenters. The highest BCUT2D eigenvalue weighted by Crippen LogP contribution is 2.28. The molecule has 3 rings (SSSR count). The molecule has 2 aromatic heterocycles. The van der Waals surface area contributed by atoms with Gasteiger partial charge in [-0.15, -0.1) is 10.2 Å². The van der Waals surface area contributed by atoms with E-state index in [0.717, 1.165) is 16.3 Å². The van der Waals surface area contributed by atoms with Crippen molar-refractivity contribution in [3.8, 4) is 11.6 Å². The Labute approximate surface area is 145 Å². The number of carbonyl (C=O) groups is 1. The van der Waals surface area contributed by atoms with Crippen molar-refractivity contribution in [2.24, 2.45) is 0 Å². The summed E-state index contributed by atoms with van der Waals surface area (Å²) in [6.45, 7) is 6.63. The summed E-state index contributed by atoms with van der Waals surface area (Å²) < 4.78 is 7.37. The molecule has 0 spiro atoms. The number of aromatic nitrogens is 3. The van der Waals surface area contributed by atoms with Gasteiger partial charge in [-0.1, -0.05) is 41.6 Å². The number of thioether (sulfide) groups is 1. The Morgan fingerprint density at radius 3 is 2.62 bits per heavy atom. The van der Waals surface area contributed by atoms with Crippen molar-refractivity contribution >= 4 is 17.5 Å². The maximum absolute atomic E-state index is 12.6. The Balaban J connectivity index is 1.80. The highest BCUT2D eigenvalue weighted by molar-refractivity contribution is 8.00. The van der Waals surface area contributed by atoms with Gasteiger partial charge in [0.25, 0.3) is 0 Å². The largest absolute Gasteiger partial charge is 0.461 e. The Morgan fingerprint density at radius 1 is 1.25 bits per heavy atom. The van der Waals surface area contributed by atoms with Gasteiger partial charge in [0, 0.05) is 12.1 Å². The van der Waals surface area contributed by atoms with Gasteiger partial charge in [-0.3, -0.25) is 9.36 Å². The summed E-state index contributed by atoms with van der Waals surface area (Å²) in [6.07, 6.45) is 1.61. The Morgan fingerprint density at radius 2 is 2.00 bits per heavy atom. The third kappa shape index (κ3) is 3.28. The summed E-state index contributed by atoms with van der Waals surface area (Å²) >= 11 is 1.42. The topological polar surface area (TPSA) is 60.9 Å². The number of Topliss-reactive ketones (excluding diaryl/α,β-unsaturated/α-hetero) is 1. The average Bonchev–Trinajstić information content (AvgIpc) is 3.23. The molecule has 0 N–H and O–H groups in total. The third-order valence-electron chi connectivity index (χ3n) is 3.76. The quantitative estimate of drug-likeness (QED) is 0.496. The van der Waals surface area contributed by atoms with Crippen LogP contribution in [0.1, 0.15) is 29.8 Å². The number of hydrogen-bond donors (Lipinski definition) is 0. The van der Waals surface area contributed by atoms with Crippen LogP contribution in [-0.2, 0) is 6.54 Å². The second kappa shape index (κ2) is 7.05. The summed E-state index contributed by atoms with van der Waals surface area (Å²) in [5, 5.41) is 8.93. The summed E-state index contributed by atoms with van der Waals surface area (Å²) in [7, 11) is 0. The van der Waals surface area contributed by atoms with Crippen LogP contribution in [0.4, 0.5) is 0 Å². The molecule has 0 radical (unpaired) electrons. The van der Waals surface area contributed by atoms with Gasteiger partial charge in [-0.25, -0.2) is 0 Å². The highest BCUT2D eigenvalue weighted by Gasteiger charge is 2.21. The molecular weight excluding hydrogens is 322 g/mol. The standard InChI is InChI=1S/C18H19N3O2S/c1-4-21-17(15-6-5-11-23-15)19-20-18(21)24-13(3)16(22)14-9-7-12(2)8-10-14/h5-11,13H,4H2,1-3H3/t13-/m0/s1. The van der Waals surface area contributed by atoms with Crippen molar-refractivity contribution in [3.05, 3.63) is 53.8 Å². The number of rotatable bonds is 6. The molecule has 124 valence electrons. The molecular formula is C18H19N3O2S. The molecule has 0 amide bonds. The van der Waals surface area contributed by atoms with Gasteiger partial charge in [0.1, 0.15) is 0 Å². The van der Waals surface area contributed by atoms with Crippen molar-refractivity contribution in [1.29, 1.82) is 0 Å². The number of aryl methyl sites for hydroxylation is 1. The van der Waals surface area contributed by atoms with E-state index >= 15 is 0 Å². The zero-order chi connectivity index (χ0) is 17.1. The second-order valence-electron chi connectivity index (χ2n) is 5.52. The van der Waals surface area contributed by atoms with Gasteiger partial charge in [0.05, 0.1) is 11.5 Å². The van der Waals surface area contributed by atoms with Crippen molar-refractivity contribution in [2.75, 3.05) is 0 Å². The molecule has 0 saturated carbocycles. The first-order chi connectivity index (χ1) is 11.6. The van der Waals surface area contributed by atoms with Gasteiger partial charge >= 0.3 is 0 Å². The smallest absolute Gasteiger partial charge is 0.200 e. The average molecular weight is 341 g/mol. The summed E-state index contributed by atoms with van der Waals surface area (Å²) in [5.41, 5.74) is 1.86. The molecule has 0 aliphatic carbocycles. The number of nitrogens with zero attached hydrogens (tertiary/aromatic N) is 3. The van der Waals surface area contributed by atoms with Crippen LogP contribution >= 0.6 is 11.8 Å². The van der Waals surface area contributed by atoms with E-state index < -0.39 is 0 Å². The van der Waals surface area contributed by atoms with Crippen molar-refractivity contribution in [1.82, 2.24) is 14.8 Å². The predicted octanol–water partition coefficient (Wildman–Crippen LogP) is 4.23. The van der Waals surface area contributed by atoms with E-state index in [9.17, 15) is 4.79 Å². The zero-order valence-electron chi connectivity index (χ0n) is 13.9. The normalized spacial score (nSPS) is 12.3. The number of carbonyl (C=O) groups excluding carboxylic acids is 1. The molecule has 2 heterocycles. The fraction of sp³-hybridized carbons (Fsp3) is 0.278. The van der Waals surface area contributed by atoms with Crippen molar-refractivity contribution in [2.45, 2.75) is 37.7 Å². The van der Waals surface area contributed by atoms with Gasteiger partial charge in [0.2, 0.25) is 0 Å². The Hall–Kier alpha value is -2.34. The monoisotopic (exact) mass is 341 g/mol. The molecule has 24 heavy (non-hydrogen) atoms. The van der Waals surface area contributed by atoms with Crippen LogP contribution < -0.4 is 0 Å². The lowest BCUT2D eigenvalue weighted by Gasteiger charge is -2.11. The third-order valence-corrected chi connectivity index (χ3v) is 4.84. The number of hydrogen-bond acceptors (Lipinski definition) is 5. The SMILES string of the molecule is CCn1c(S[C@@H](C)C(=O)c2ccc(C)cc2)nnc1-c1ccco1. The molecule has 0 bridgehead atoms. The van der Waals surface area contributed by atoms with Crippen LogP contribution in [0.25, 0.3) is 11.6 Å². The summed E-state index contributed by atoms with van der Waals surface area (Å²) in [6, 6.07) is 11.3. The number of furan rings is 1. The first-order valence-corrected chi connectivity index (χ1v) is 8.72. The van der Waals surface area contributed by atoms with Crippen LogP contribution in [-0.4, -0.2) is 25.8 Å². The lowest BCUT2D eigenvalue weighted by atomic mass is 10.1. The molecule has 0 saturated heterocycles. The van der Waals surface area contributed by atoms with Crippen LogP contribution in [0, 0.1) is 6.92 Å². The lowest BCUT2D eigenvalue weighted by Crippen LogP contribution is -2.14. The van der Waals surface area contributed by atoms with Gasteiger partial charge < -0.3 is 4.42 Å². The zero-order valence-corrected chi connectivity index (χ0v) is 14.7. The van der Waals surface area contributed by atoms with Crippen molar-refractivity contribution in [3.63, 3.8) is 0 Å². The summed E-state index contributed by atoms with van der Waals surface area (Å²) in [5.74, 6) is 1.44. The first kappa shape index (κ1) is 16.5. The van der Waals surface area contributed by atoms with E-state index in [0.29, 0.717) is 18.1 Å². The molecule has 5 nitrogen and oxygen atoms in total. The van der Waals surface area contributed by atoms with E-state index in [1.165, 1.54) is 11.8 Å². The molecule has 0 aliphatic rings. The van der Waals surface area contributed by atoms with E-state index in [4.69, 9.17) is 4.42 Å². The minimum absolute atomic E-state index is 0.0881. The van der Waals surface area contributed by atoms with Gasteiger partial charge in [0.15, 0.2) is 22.5 Å². The van der Waals surface area contributed by atoms with E-state index in [-0.39, 0.29) is 11.0 Å². The minimum Gasteiger partial charge on any atom is -0.461 e. The fourth-order valence-corrected chi connectivity index (χ4v) is 3.40. The molecule has 6 heteroatoms. The lowest BCUT2D eigenvalue weighted by molar-refractivity contribution is 0.0994. The first-order valence-electron chi connectivity index (χ1n) is 7.84. The van der Waals surface area contributed by atoms with E-state index in [2.05, 4.69) is 10.2 Å². The molecule has 0 fully saturated rings. The maximum atomic E-state index is 12.6. The summed E-state index contributed by atoms with van der Waals surface area (Å²) in [4.78, 5) is 12.6.